The molecule has 0 amide bonds. The molecule has 1 aromatic carbocycles. The van der Waals surface area contributed by atoms with Crippen molar-refractivity contribution in [2.24, 2.45) is 11.7 Å². The van der Waals surface area contributed by atoms with Crippen molar-refractivity contribution in [1.29, 1.82) is 0 Å². The average Bonchev–Trinajstić information content (AvgIpc) is 2.39. The van der Waals surface area contributed by atoms with E-state index < -0.39 is 12.0 Å². The van der Waals surface area contributed by atoms with Gasteiger partial charge in [-0.1, -0.05) is 32.0 Å². The molecule has 0 spiro atoms. The fourth-order valence-electron chi connectivity index (χ4n) is 1.40. The van der Waals surface area contributed by atoms with Gasteiger partial charge in [-0.3, -0.25) is 4.79 Å². The summed E-state index contributed by atoms with van der Waals surface area (Å²) in [5.41, 5.74) is 11.4. The SMILES string of the molecule is CC(C)[C@H](N)C(=O)O.Nc1nc2ccccc2cc1O. The molecule has 0 bridgehead atoms. The van der Waals surface area contributed by atoms with Crippen molar-refractivity contribution < 1.29 is 15.0 Å². The Morgan fingerprint density at radius 1 is 1.30 bits per heavy atom. The van der Waals surface area contributed by atoms with E-state index in [1.54, 1.807) is 19.9 Å². The summed E-state index contributed by atoms with van der Waals surface area (Å²) < 4.78 is 0. The highest BCUT2D eigenvalue weighted by atomic mass is 16.4. The molecule has 0 unspecified atom stereocenters. The quantitative estimate of drug-likeness (QED) is 0.661. The van der Waals surface area contributed by atoms with Crippen LogP contribution in [0.2, 0.25) is 0 Å². The van der Waals surface area contributed by atoms with E-state index in [0.29, 0.717) is 0 Å². The van der Waals surface area contributed by atoms with E-state index in [9.17, 15) is 9.90 Å². The number of nitrogens with two attached hydrogens (primary N) is 2. The molecule has 2 rings (SSSR count). The zero-order chi connectivity index (χ0) is 15.3. The number of carboxylic acid groups (broad SMARTS) is 1. The number of pyridine rings is 1. The van der Waals surface area contributed by atoms with Crippen LogP contribution in [0.5, 0.6) is 5.75 Å². The summed E-state index contributed by atoms with van der Waals surface area (Å²) in [5.74, 6) is -0.699. The van der Waals surface area contributed by atoms with Crippen LogP contribution in [0.25, 0.3) is 10.9 Å². The molecule has 1 aromatic heterocycles. The number of aliphatic carboxylic acids is 1. The monoisotopic (exact) mass is 277 g/mol. The predicted octanol–water partition coefficient (Wildman–Crippen LogP) is 1.58. The predicted molar refractivity (Wildman–Crippen MR) is 78.3 cm³/mol. The van der Waals surface area contributed by atoms with Crippen LogP contribution in [0.3, 0.4) is 0 Å². The zero-order valence-corrected chi connectivity index (χ0v) is 11.4. The van der Waals surface area contributed by atoms with Crippen molar-refractivity contribution in [2.45, 2.75) is 19.9 Å². The number of hydrogen-bond acceptors (Lipinski definition) is 5. The first-order valence-corrected chi connectivity index (χ1v) is 6.15. The van der Waals surface area contributed by atoms with Gasteiger partial charge in [0, 0.05) is 5.39 Å². The van der Waals surface area contributed by atoms with Gasteiger partial charge in [-0.25, -0.2) is 4.98 Å². The fourth-order valence-corrected chi connectivity index (χ4v) is 1.40. The summed E-state index contributed by atoms with van der Waals surface area (Å²) in [6.07, 6.45) is 0. The second-order valence-electron chi connectivity index (χ2n) is 4.69. The lowest BCUT2D eigenvalue weighted by Crippen LogP contribution is -2.34. The Bertz CT molecular complexity index is 559. The standard InChI is InChI=1S/C9H8N2O.C5H11NO2/c10-9-8(12)5-6-3-1-2-4-7(6)11-9;1-3(2)4(6)5(7)8/h1-5,12H,(H2,10,11);3-4H,6H2,1-2H3,(H,7,8)/t;4-/m.0/s1. The summed E-state index contributed by atoms with van der Waals surface area (Å²) >= 11 is 0. The number of rotatable bonds is 2. The van der Waals surface area contributed by atoms with Gasteiger partial charge in [0.1, 0.15) is 6.04 Å². The first-order valence-electron chi connectivity index (χ1n) is 6.15. The third kappa shape index (κ3) is 4.10. The van der Waals surface area contributed by atoms with Crippen LogP contribution >= 0.6 is 0 Å². The lowest BCUT2D eigenvalue weighted by Gasteiger charge is -2.07. The van der Waals surface area contributed by atoms with Crippen LogP contribution in [-0.2, 0) is 4.79 Å². The van der Waals surface area contributed by atoms with Gasteiger partial charge < -0.3 is 21.7 Å². The van der Waals surface area contributed by atoms with Crippen LogP contribution < -0.4 is 11.5 Å². The number of benzene rings is 1. The third-order valence-corrected chi connectivity index (χ3v) is 2.74. The number of para-hydroxylation sites is 1. The highest BCUT2D eigenvalue weighted by molar-refractivity contribution is 5.82. The Hall–Kier alpha value is -2.34. The zero-order valence-electron chi connectivity index (χ0n) is 11.4. The summed E-state index contributed by atoms with van der Waals surface area (Å²) in [7, 11) is 0. The molecule has 6 N–H and O–H groups in total. The van der Waals surface area contributed by atoms with Crippen LogP contribution in [0.1, 0.15) is 13.8 Å². The van der Waals surface area contributed by atoms with Crippen molar-refractivity contribution in [3.8, 4) is 5.75 Å². The number of aromatic hydroxyl groups is 1. The lowest BCUT2D eigenvalue weighted by atomic mass is 10.1. The van der Waals surface area contributed by atoms with Gasteiger partial charge in [-0.05, 0) is 18.1 Å². The number of carboxylic acids is 1. The highest BCUT2D eigenvalue weighted by Crippen LogP contribution is 2.22. The molecule has 0 aliphatic heterocycles. The molecular formula is C14H19N3O3. The van der Waals surface area contributed by atoms with Crippen molar-refractivity contribution >= 4 is 22.7 Å². The Morgan fingerprint density at radius 3 is 2.40 bits per heavy atom. The van der Waals surface area contributed by atoms with Crippen LogP contribution in [0, 0.1) is 5.92 Å². The molecule has 0 radical (unpaired) electrons. The van der Waals surface area contributed by atoms with Gasteiger partial charge in [-0.15, -0.1) is 0 Å². The number of nitrogen functional groups attached to an aromatic ring is 1. The van der Waals surface area contributed by atoms with E-state index in [4.69, 9.17) is 16.6 Å². The summed E-state index contributed by atoms with van der Waals surface area (Å²) in [4.78, 5) is 14.0. The number of nitrogens with zero attached hydrogens (tertiary/aromatic N) is 1. The van der Waals surface area contributed by atoms with Crippen molar-refractivity contribution in [3.63, 3.8) is 0 Å². The van der Waals surface area contributed by atoms with Crippen molar-refractivity contribution in [2.75, 3.05) is 5.73 Å². The smallest absolute Gasteiger partial charge is 0.320 e. The minimum atomic E-state index is -0.931. The molecule has 108 valence electrons. The van der Waals surface area contributed by atoms with E-state index in [2.05, 4.69) is 4.98 Å². The number of aromatic nitrogens is 1. The Balaban J connectivity index is 0.000000221. The molecule has 6 nitrogen and oxygen atoms in total. The van der Waals surface area contributed by atoms with Crippen molar-refractivity contribution in [3.05, 3.63) is 30.3 Å². The summed E-state index contributed by atoms with van der Waals surface area (Å²) in [5, 5.41) is 18.3. The van der Waals surface area contributed by atoms with Gasteiger partial charge in [0.15, 0.2) is 11.6 Å². The molecule has 6 heteroatoms. The van der Waals surface area contributed by atoms with Gasteiger partial charge in [0.05, 0.1) is 5.52 Å². The molecule has 0 fully saturated rings. The van der Waals surface area contributed by atoms with Crippen molar-refractivity contribution in [1.82, 2.24) is 4.98 Å². The second-order valence-corrected chi connectivity index (χ2v) is 4.69. The van der Waals surface area contributed by atoms with Gasteiger partial charge >= 0.3 is 5.97 Å². The second kappa shape index (κ2) is 6.72. The Morgan fingerprint density at radius 2 is 1.90 bits per heavy atom. The molecule has 0 aliphatic rings. The van der Waals surface area contributed by atoms with E-state index in [1.807, 2.05) is 24.3 Å². The summed E-state index contributed by atoms with van der Waals surface area (Å²) in [6, 6.07) is 8.39. The maximum atomic E-state index is 10.0. The van der Waals surface area contributed by atoms with Gasteiger partial charge in [0.2, 0.25) is 0 Å². The molecular weight excluding hydrogens is 258 g/mol. The maximum absolute atomic E-state index is 10.0. The molecule has 1 atom stereocenters. The first-order chi connectivity index (χ1) is 9.32. The molecule has 2 aromatic rings. The van der Waals surface area contributed by atoms with E-state index in [1.165, 1.54) is 0 Å². The van der Waals surface area contributed by atoms with Gasteiger partial charge in [-0.2, -0.15) is 0 Å². The first kappa shape index (κ1) is 15.7. The summed E-state index contributed by atoms with van der Waals surface area (Å²) in [6.45, 7) is 3.55. The third-order valence-electron chi connectivity index (χ3n) is 2.74. The minimum absolute atomic E-state index is 0.0208. The molecule has 0 saturated carbocycles. The largest absolute Gasteiger partial charge is 0.504 e. The molecule has 1 heterocycles. The molecule has 0 saturated heterocycles. The number of fused-ring (bicyclic) bond motifs is 1. The fraction of sp³-hybridized carbons (Fsp3) is 0.286. The average molecular weight is 277 g/mol. The normalized spacial score (nSPS) is 11.8. The number of hydrogen-bond donors (Lipinski definition) is 4. The Kier molecular flexibility index (Phi) is 5.28. The number of anilines is 1. The van der Waals surface area contributed by atoms with Crippen LogP contribution in [0.4, 0.5) is 5.82 Å². The van der Waals surface area contributed by atoms with E-state index >= 15 is 0 Å². The Labute approximate surface area is 117 Å². The molecule has 20 heavy (non-hydrogen) atoms. The van der Waals surface area contributed by atoms with Gasteiger partial charge in [0.25, 0.3) is 0 Å². The lowest BCUT2D eigenvalue weighted by molar-refractivity contribution is -0.139. The minimum Gasteiger partial charge on any atom is -0.504 e. The molecule has 0 aliphatic carbocycles. The van der Waals surface area contributed by atoms with E-state index in [-0.39, 0.29) is 17.5 Å². The van der Waals surface area contributed by atoms with Crippen LogP contribution in [-0.4, -0.2) is 27.2 Å². The maximum Gasteiger partial charge on any atom is 0.320 e. The van der Waals surface area contributed by atoms with Crippen LogP contribution in [0.15, 0.2) is 30.3 Å². The number of carbonyl (C=O) groups is 1. The topological polar surface area (TPSA) is 122 Å². The van der Waals surface area contributed by atoms with E-state index in [0.717, 1.165) is 10.9 Å². The highest BCUT2D eigenvalue weighted by Gasteiger charge is 2.14.